The molecular weight excluding hydrogens is 366 g/mol. The summed E-state index contributed by atoms with van der Waals surface area (Å²) in [5.41, 5.74) is 0.200. The predicted octanol–water partition coefficient (Wildman–Crippen LogP) is 2.09. The van der Waals surface area contributed by atoms with Crippen LogP contribution in [0.1, 0.15) is 44.0 Å². The van der Waals surface area contributed by atoms with Gasteiger partial charge in [-0.3, -0.25) is 9.59 Å². The van der Waals surface area contributed by atoms with Crippen LogP contribution in [-0.4, -0.2) is 42.7 Å². The number of piperidine rings is 1. The molecule has 2 N–H and O–H groups in total. The monoisotopic (exact) mass is 391 g/mol. The molecule has 27 heavy (non-hydrogen) atoms. The smallest absolute Gasteiger partial charge is 0.252 e. The fourth-order valence-electron chi connectivity index (χ4n) is 3.30. The predicted molar refractivity (Wildman–Crippen MR) is 104 cm³/mol. The average molecular weight is 391 g/mol. The van der Waals surface area contributed by atoms with Crippen molar-refractivity contribution in [1.82, 2.24) is 14.6 Å². The first-order chi connectivity index (χ1) is 12.7. The zero-order valence-electron chi connectivity index (χ0n) is 15.8. The molecule has 3 rings (SSSR count). The summed E-state index contributed by atoms with van der Waals surface area (Å²) in [6.07, 6.45) is 1.67. The third-order valence-corrected chi connectivity index (χ3v) is 6.75. The highest BCUT2D eigenvalue weighted by atomic mass is 32.2. The minimum Gasteiger partial charge on any atom is -0.350 e. The number of benzene rings is 1. The largest absolute Gasteiger partial charge is 0.350 e. The summed E-state index contributed by atoms with van der Waals surface area (Å²) in [6.45, 7) is 6.75. The van der Waals surface area contributed by atoms with E-state index in [1.54, 1.807) is 6.07 Å². The number of sulfonamides is 1. The van der Waals surface area contributed by atoms with Crippen LogP contribution in [0.15, 0.2) is 34.0 Å². The molecule has 1 aliphatic heterocycles. The summed E-state index contributed by atoms with van der Waals surface area (Å²) < 4.78 is 27.5. The molecule has 0 bridgehead atoms. The van der Waals surface area contributed by atoms with Gasteiger partial charge in [-0.15, -0.1) is 0 Å². The van der Waals surface area contributed by atoms with Crippen molar-refractivity contribution in [3.63, 3.8) is 0 Å². The number of aromatic amines is 1. The second-order valence-corrected chi connectivity index (χ2v) is 9.41. The Labute approximate surface area is 158 Å². The number of nitrogens with one attached hydrogen (secondary N) is 2. The van der Waals surface area contributed by atoms with Crippen molar-refractivity contribution in [1.29, 1.82) is 0 Å². The average Bonchev–Trinajstić information content (AvgIpc) is 2.60. The highest BCUT2D eigenvalue weighted by molar-refractivity contribution is 7.89. The summed E-state index contributed by atoms with van der Waals surface area (Å²) in [5, 5.41) is 3.17. The summed E-state index contributed by atoms with van der Waals surface area (Å²) in [7, 11) is -3.64. The van der Waals surface area contributed by atoms with Crippen LogP contribution in [0.3, 0.4) is 0 Å². The summed E-state index contributed by atoms with van der Waals surface area (Å²) >= 11 is 0. The molecule has 1 aromatic heterocycles. The van der Waals surface area contributed by atoms with Crippen molar-refractivity contribution >= 4 is 26.8 Å². The number of amides is 1. The molecule has 0 aliphatic carbocycles. The Bertz CT molecular complexity index is 1020. The molecule has 1 saturated heterocycles. The number of carbonyl (C=O) groups is 1. The standard InChI is InChI=1S/C19H25N3O4S/c1-12(2)20-19(24)16-11-18(23)21-17-5-4-14(10-15(16)17)27(25,26)22-8-6-13(3)7-9-22/h4-5,10-13H,6-9H2,1-3H3,(H,20,24)(H,21,23). The Morgan fingerprint density at radius 1 is 1.22 bits per heavy atom. The molecule has 1 amide bonds. The van der Waals surface area contributed by atoms with E-state index in [0.29, 0.717) is 29.9 Å². The van der Waals surface area contributed by atoms with E-state index in [0.717, 1.165) is 12.8 Å². The topological polar surface area (TPSA) is 99.3 Å². The first-order valence-electron chi connectivity index (χ1n) is 9.16. The van der Waals surface area contributed by atoms with Crippen molar-refractivity contribution in [3.05, 3.63) is 40.2 Å². The molecule has 0 saturated carbocycles. The van der Waals surface area contributed by atoms with Gasteiger partial charge in [0.2, 0.25) is 15.6 Å². The quantitative estimate of drug-likeness (QED) is 0.833. The number of hydrogen-bond acceptors (Lipinski definition) is 4. The molecule has 2 aromatic rings. The molecule has 0 radical (unpaired) electrons. The number of hydrogen-bond donors (Lipinski definition) is 2. The molecule has 0 spiro atoms. The van der Waals surface area contributed by atoms with Crippen LogP contribution < -0.4 is 10.9 Å². The number of H-pyrrole nitrogens is 1. The Morgan fingerprint density at radius 2 is 1.89 bits per heavy atom. The molecule has 1 fully saturated rings. The van der Waals surface area contributed by atoms with Gasteiger partial charge < -0.3 is 10.3 Å². The van der Waals surface area contributed by atoms with Crippen LogP contribution in [0.25, 0.3) is 10.9 Å². The molecule has 2 heterocycles. The number of carbonyl (C=O) groups excluding carboxylic acids is 1. The van der Waals surface area contributed by atoms with Crippen LogP contribution in [-0.2, 0) is 10.0 Å². The van der Waals surface area contributed by atoms with Crippen molar-refractivity contribution in [2.24, 2.45) is 5.92 Å². The second kappa shape index (κ2) is 7.44. The van der Waals surface area contributed by atoms with Crippen LogP contribution in [0.4, 0.5) is 0 Å². The third-order valence-electron chi connectivity index (χ3n) is 4.86. The van der Waals surface area contributed by atoms with Crippen molar-refractivity contribution in [2.75, 3.05) is 13.1 Å². The molecule has 0 atom stereocenters. The third kappa shape index (κ3) is 4.06. The van der Waals surface area contributed by atoms with Crippen molar-refractivity contribution < 1.29 is 13.2 Å². The molecule has 1 aliphatic rings. The van der Waals surface area contributed by atoms with Gasteiger partial charge in [-0.2, -0.15) is 4.31 Å². The van der Waals surface area contributed by atoms with Crippen LogP contribution >= 0.6 is 0 Å². The number of pyridine rings is 1. The Balaban J connectivity index is 2.07. The van der Waals surface area contributed by atoms with Gasteiger partial charge >= 0.3 is 0 Å². The summed E-state index contributed by atoms with van der Waals surface area (Å²) in [5.74, 6) is 0.118. The number of aromatic nitrogens is 1. The summed E-state index contributed by atoms with van der Waals surface area (Å²) in [6, 6.07) is 5.61. The van der Waals surface area contributed by atoms with E-state index in [4.69, 9.17) is 0 Å². The zero-order valence-corrected chi connectivity index (χ0v) is 16.6. The zero-order chi connectivity index (χ0) is 19.8. The molecule has 146 valence electrons. The Hall–Kier alpha value is -2.19. The molecule has 8 heteroatoms. The minimum atomic E-state index is -3.64. The van der Waals surface area contributed by atoms with Crippen LogP contribution in [0.5, 0.6) is 0 Å². The number of fused-ring (bicyclic) bond motifs is 1. The Morgan fingerprint density at radius 3 is 2.52 bits per heavy atom. The van der Waals surface area contributed by atoms with Gasteiger partial charge in [-0.1, -0.05) is 6.92 Å². The van der Waals surface area contributed by atoms with Gasteiger partial charge in [0.15, 0.2) is 0 Å². The maximum absolute atomic E-state index is 13.0. The van der Waals surface area contributed by atoms with Gasteiger partial charge in [0.05, 0.1) is 10.5 Å². The lowest BCUT2D eigenvalue weighted by Crippen LogP contribution is -2.37. The van der Waals surface area contributed by atoms with Crippen molar-refractivity contribution in [2.45, 2.75) is 44.6 Å². The number of rotatable bonds is 4. The first-order valence-corrected chi connectivity index (χ1v) is 10.6. The minimum absolute atomic E-state index is 0.103. The Kier molecular flexibility index (Phi) is 5.39. The lowest BCUT2D eigenvalue weighted by atomic mass is 10.0. The summed E-state index contributed by atoms with van der Waals surface area (Å²) in [4.78, 5) is 27.2. The maximum atomic E-state index is 13.0. The highest BCUT2D eigenvalue weighted by Crippen LogP contribution is 2.26. The van der Waals surface area contributed by atoms with E-state index in [2.05, 4.69) is 17.2 Å². The van der Waals surface area contributed by atoms with Gasteiger partial charge in [0.25, 0.3) is 5.91 Å². The maximum Gasteiger partial charge on any atom is 0.252 e. The lowest BCUT2D eigenvalue weighted by molar-refractivity contribution is 0.0944. The molecular formula is C19H25N3O4S. The molecule has 0 unspecified atom stereocenters. The fourth-order valence-corrected chi connectivity index (χ4v) is 4.79. The second-order valence-electron chi connectivity index (χ2n) is 7.47. The van der Waals surface area contributed by atoms with E-state index in [9.17, 15) is 18.0 Å². The van der Waals surface area contributed by atoms with E-state index in [-0.39, 0.29) is 16.5 Å². The van der Waals surface area contributed by atoms with Gasteiger partial charge in [0.1, 0.15) is 0 Å². The molecule has 7 nitrogen and oxygen atoms in total. The SMILES string of the molecule is CC1CCN(S(=O)(=O)c2ccc3[nH]c(=O)cc(C(=O)NC(C)C)c3c2)CC1. The lowest BCUT2D eigenvalue weighted by Gasteiger charge is -2.29. The normalized spacial score (nSPS) is 16.7. The van der Waals surface area contributed by atoms with E-state index in [1.807, 2.05) is 13.8 Å². The van der Waals surface area contributed by atoms with E-state index in [1.165, 1.54) is 22.5 Å². The highest BCUT2D eigenvalue weighted by Gasteiger charge is 2.28. The number of nitrogens with zero attached hydrogens (tertiary/aromatic N) is 1. The van der Waals surface area contributed by atoms with Gasteiger partial charge in [-0.25, -0.2) is 8.42 Å². The van der Waals surface area contributed by atoms with E-state index >= 15 is 0 Å². The fraction of sp³-hybridized carbons (Fsp3) is 0.474. The van der Waals surface area contributed by atoms with Gasteiger partial charge in [-0.05, 0) is 50.8 Å². The van der Waals surface area contributed by atoms with Crippen LogP contribution in [0, 0.1) is 5.92 Å². The van der Waals surface area contributed by atoms with Crippen molar-refractivity contribution in [3.8, 4) is 0 Å². The molecule has 1 aromatic carbocycles. The first kappa shape index (κ1) is 19.6. The van der Waals surface area contributed by atoms with E-state index < -0.39 is 21.5 Å². The van der Waals surface area contributed by atoms with Gasteiger partial charge in [0, 0.05) is 36.1 Å². The van der Waals surface area contributed by atoms with Crippen LogP contribution in [0.2, 0.25) is 0 Å².